The Balaban J connectivity index is 4.00. The molecule has 0 aromatic rings. The molecule has 0 N–H and O–H groups in total. The fraction of sp³-hybridized carbons (Fsp3) is 0.333. The van der Waals surface area contributed by atoms with Crippen LogP contribution in [0.2, 0.25) is 0 Å². The molecule has 0 atom stereocenters. The molecular weight excluding hydrogens is 118 g/mol. The van der Waals surface area contributed by atoms with Crippen molar-refractivity contribution in [1.82, 2.24) is 0 Å². The van der Waals surface area contributed by atoms with E-state index in [1.807, 2.05) is 6.92 Å². The topological polar surface area (TPSA) is 43.1 Å². The molecule has 0 aromatic carbocycles. The van der Waals surface area contributed by atoms with Gasteiger partial charge in [-0.15, -0.1) is 0 Å². The van der Waals surface area contributed by atoms with E-state index in [1.54, 1.807) is 12.2 Å². The van der Waals surface area contributed by atoms with Crippen LogP contribution in [0.15, 0.2) is 23.9 Å². The van der Waals surface area contributed by atoms with Crippen molar-refractivity contribution in [2.24, 2.45) is 0 Å². The number of hydrogen-bond acceptors (Lipinski definition) is 2. The third-order valence-electron chi connectivity index (χ3n) is 0.818. The fourth-order valence-corrected chi connectivity index (χ4v) is 0.296. The van der Waals surface area contributed by atoms with Gasteiger partial charge in [-0.2, -0.15) is 0 Å². The van der Waals surface area contributed by atoms with E-state index in [0.29, 0.717) is 0 Å². The average Bonchev–Trinajstić information content (AvgIpc) is 1.82. The second-order valence-electron chi connectivity index (χ2n) is 1.59. The van der Waals surface area contributed by atoms with E-state index in [9.17, 15) is 10.1 Å². The Bertz CT molecular complexity index is 158. The largest absolute Gasteiger partial charge is 0.259 e. The number of nitrogens with zero attached hydrogens (tertiary/aromatic N) is 1. The predicted molar refractivity (Wildman–Crippen MR) is 35.6 cm³/mol. The summed E-state index contributed by atoms with van der Waals surface area (Å²) in [5.41, 5.74) is 0.160. The summed E-state index contributed by atoms with van der Waals surface area (Å²) < 4.78 is 0. The van der Waals surface area contributed by atoms with Crippen LogP contribution in [0.1, 0.15) is 13.8 Å². The quantitative estimate of drug-likeness (QED) is 0.322. The van der Waals surface area contributed by atoms with E-state index < -0.39 is 4.92 Å². The monoisotopic (exact) mass is 127 g/mol. The number of allylic oxidation sites excluding steroid dienone is 4. The summed E-state index contributed by atoms with van der Waals surface area (Å²) in [5, 5.41) is 9.91. The van der Waals surface area contributed by atoms with Gasteiger partial charge in [-0.25, -0.2) is 0 Å². The van der Waals surface area contributed by atoms with Crippen molar-refractivity contribution in [3.8, 4) is 0 Å². The highest BCUT2D eigenvalue weighted by Gasteiger charge is 1.96. The van der Waals surface area contributed by atoms with Gasteiger partial charge < -0.3 is 0 Å². The normalized spacial score (nSPS) is 12.4. The van der Waals surface area contributed by atoms with Gasteiger partial charge in [0.2, 0.25) is 5.70 Å². The standard InChI is InChI=1S/C6H9NO2/c1-3-4-5-6(2)7(8)9/h3-5H,1-2H3/b4-3-,6-5+. The lowest BCUT2D eigenvalue weighted by Crippen LogP contribution is -1.91. The Morgan fingerprint density at radius 1 is 1.67 bits per heavy atom. The minimum atomic E-state index is -0.417. The molecule has 0 saturated heterocycles. The van der Waals surface area contributed by atoms with Crippen molar-refractivity contribution in [1.29, 1.82) is 0 Å². The zero-order valence-electron chi connectivity index (χ0n) is 5.50. The molecule has 0 aromatic heterocycles. The Hall–Kier alpha value is -1.12. The van der Waals surface area contributed by atoms with E-state index in [-0.39, 0.29) is 5.70 Å². The molecular formula is C6H9NO2. The van der Waals surface area contributed by atoms with E-state index in [0.717, 1.165) is 0 Å². The minimum absolute atomic E-state index is 0.160. The van der Waals surface area contributed by atoms with Crippen molar-refractivity contribution in [3.05, 3.63) is 34.0 Å². The molecule has 3 nitrogen and oxygen atoms in total. The van der Waals surface area contributed by atoms with E-state index in [4.69, 9.17) is 0 Å². The summed E-state index contributed by atoms with van der Waals surface area (Å²) in [5.74, 6) is 0. The smallest absolute Gasteiger partial charge is 0.243 e. The van der Waals surface area contributed by atoms with E-state index >= 15 is 0 Å². The highest BCUT2D eigenvalue weighted by molar-refractivity contribution is 5.03. The first-order valence-corrected chi connectivity index (χ1v) is 2.62. The predicted octanol–water partition coefficient (Wildman–Crippen LogP) is 1.74. The second kappa shape index (κ2) is 3.83. The van der Waals surface area contributed by atoms with Crippen LogP contribution in [0.25, 0.3) is 0 Å². The molecule has 0 bridgehead atoms. The van der Waals surface area contributed by atoms with E-state index in [2.05, 4.69) is 0 Å². The molecule has 0 saturated carbocycles. The SMILES string of the molecule is C/C=C\C=C(/C)[N+](=O)[O-]. The highest BCUT2D eigenvalue weighted by Crippen LogP contribution is 1.91. The molecule has 0 rings (SSSR count). The van der Waals surface area contributed by atoms with Gasteiger partial charge >= 0.3 is 0 Å². The van der Waals surface area contributed by atoms with Gasteiger partial charge in [0.25, 0.3) is 0 Å². The number of hydrogen-bond donors (Lipinski definition) is 0. The zero-order chi connectivity index (χ0) is 7.28. The van der Waals surface area contributed by atoms with Gasteiger partial charge in [0.15, 0.2) is 0 Å². The van der Waals surface area contributed by atoms with Crippen molar-refractivity contribution in [2.75, 3.05) is 0 Å². The number of nitro groups is 1. The zero-order valence-corrected chi connectivity index (χ0v) is 5.50. The van der Waals surface area contributed by atoms with Gasteiger partial charge in [0.1, 0.15) is 0 Å². The Morgan fingerprint density at radius 3 is 2.56 bits per heavy atom. The summed E-state index contributed by atoms with van der Waals surface area (Å²) in [4.78, 5) is 9.49. The molecule has 0 unspecified atom stereocenters. The first-order chi connectivity index (χ1) is 4.18. The average molecular weight is 127 g/mol. The lowest BCUT2D eigenvalue weighted by atomic mass is 10.4. The lowest BCUT2D eigenvalue weighted by Gasteiger charge is -1.83. The maximum Gasteiger partial charge on any atom is 0.243 e. The first-order valence-electron chi connectivity index (χ1n) is 2.62. The maximum atomic E-state index is 9.91. The molecule has 0 radical (unpaired) electrons. The summed E-state index contributed by atoms with van der Waals surface area (Å²) in [6.07, 6.45) is 4.84. The van der Waals surface area contributed by atoms with Crippen LogP contribution in [0.3, 0.4) is 0 Å². The highest BCUT2D eigenvalue weighted by atomic mass is 16.6. The van der Waals surface area contributed by atoms with Gasteiger partial charge in [0, 0.05) is 13.0 Å². The Kier molecular flexibility index (Phi) is 3.35. The van der Waals surface area contributed by atoms with Gasteiger partial charge in [-0.3, -0.25) is 10.1 Å². The molecule has 0 amide bonds. The van der Waals surface area contributed by atoms with Crippen LogP contribution in [0.4, 0.5) is 0 Å². The third-order valence-corrected chi connectivity index (χ3v) is 0.818. The summed E-state index contributed by atoms with van der Waals surface area (Å²) in [7, 11) is 0. The Labute approximate surface area is 53.8 Å². The molecule has 0 aliphatic heterocycles. The van der Waals surface area contributed by atoms with Crippen LogP contribution >= 0.6 is 0 Å². The minimum Gasteiger partial charge on any atom is -0.259 e. The molecule has 9 heavy (non-hydrogen) atoms. The molecule has 50 valence electrons. The van der Waals surface area contributed by atoms with Crippen LogP contribution in [-0.4, -0.2) is 4.92 Å². The number of rotatable bonds is 2. The molecule has 0 spiro atoms. The summed E-state index contributed by atoms with van der Waals surface area (Å²) in [6.45, 7) is 3.27. The van der Waals surface area contributed by atoms with Gasteiger partial charge in [-0.05, 0) is 6.92 Å². The summed E-state index contributed by atoms with van der Waals surface area (Å²) >= 11 is 0. The lowest BCUT2D eigenvalue weighted by molar-refractivity contribution is -0.424. The first kappa shape index (κ1) is 7.88. The molecule has 3 heteroatoms. The van der Waals surface area contributed by atoms with E-state index in [1.165, 1.54) is 13.0 Å². The molecule has 0 heterocycles. The third kappa shape index (κ3) is 3.46. The maximum absolute atomic E-state index is 9.91. The molecule has 0 fully saturated rings. The van der Waals surface area contributed by atoms with Crippen molar-refractivity contribution >= 4 is 0 Å². The van der Waals surface area contributed by atoms with Crippen molar-refractivity contribution in [2.45, 2.75) is 13.8 Å². The van der Waals surface area contributed by atoms with Crippen molar-refractivity contribution < 1.29 is 4.92 Å². The molecule has 0 aliphatic rings. The van der Waals surface area contributed by atoms with Crippen molar-refractivity contribution in [3.63, 3.8) is 0 Å². The second-order valence-corrected chi connectivity index (χ2v) is 1.59. The van der Waals surface area contributed by atoms with Crippen LogP contribution in [0, 0.1) is 10.1 Å². The van der Waals surface area contributed by atoms with Crippen LogP contribution in [-0.2, 0) is 0 Å². The van der Waals surface area contributed by atoms with Crippen LogP contribution in [0.5, 0.6) is 0 Å². The fourth-order valence-electron chi connectivity index (χ4n) is 0.296. The van der Waals surface area contributed by atoms with Gasteiger partial charge in [-0.1, -0.05) is 12.2 Å². The van der Waals surface area contributed by atoms with Crippen LogP contribution < -0.4 is 0 Å². The Morgan fingerprint density at radius 2 is 2.22 bits per heavy atom. The van der Waals surface area contributed by atoms with Gasteiger partial charge in [0.05, 0.1) is 4.92 Å². The molecule has 0 aliphatic carbocycles. The summed E-state index contributed by atoms with van der Waals surface area (Å²) in [6, 6.07) is 0.